The van der Waals surface area contributed by atoms with Crippen LogP contribution in [0.2, 0.25) is 5.02 Å². The van der Waals surface area contributed by atoms with E-state index in [2.05, 4.69) is 35.7 Å². The van der Waals surface area contributed by atoms with Crippen LogP contribution in [0.25, 0.3) is 5.95 Å². The third-order valence-corrected chi connectivity index (χ3v) is 4.59. The van der Waals surface area contributed by atoms with Gasteiger partial charge in [0.15, 0.2) is 0 Å². The Labute approximate surface area is 173 Å². The van der Waals surface area contributed by atoms with E-state index in [0.29, 0.717) is 23.0 Å². The summed E-state index contributed by atoms with van der Waals surface area (Å²) in [4.78, 5) is 17.7. The zero-order chi connectivity index (χ0) is 20.1. The Kier molecular flexibility index (Phi) is 6.69. The summed E-state index contributed by atoms with van der Waals surface area (Å²) in [5.41, 5.74) is 1.15. The van der Waals surface area contributed by atoms with Crippen LogP contribution in [-0.2, 0) is 5.75 Å². The molecule has 2 heterocycles. The molecular weight excluding hydrogens is 396 g/mol. The van der Waals surface area contributed by atoms with E-state index in [1.165, 1.54) is 11.8 Å². The maximum absolute atomic E-state index is 5.92. The Balaban J connectivity index is 1.77. The van der Waals surface area contributed by atoms with Crippen molar-refractivity contribution >= 4 is 35.3 Å². The van der Waals surface area contributed by atoms with Crippen LogP contribution in [-0.4, -0.2) is 41.8 Å². The first kappa shape index (κ1) is 20.3. The van der Waals surface area contributed by atoms with Gasteiger partial charge in [0.1, 0.15) is 6.33 Å². The van der Waals surface area contributed by atoms with Gasteiger partial charge in [-0.2, -0.15) is 19.6 Å². The fourth-order valence-electron chi connectivity index (χ4n) is 2.25. The topological polar surface area (TPSA) is 93.4 Å². The van der Waals surface area contributed by atoms with Gasteiger partial charge in [0.25, 0.3) is 5.95 Å². The summed E-state index contributed by atoms with van der Waals surface area (Å²) in [6.07, 6.45) is 1.61. The van der Waals surface area contributed by atoms with Crippen molar-refractivity contribution in [2.45, 2.75) is 50.7 Å². The summed E-state index contributed by atoms with van der Waals surface area (Å²) >= 11 is 7.46. The molecular formula is C18H23ClN8S. The van der Waals surface area contributed by atoms with Gasteiger partial charge in [-0.3, -0.25) is 0 Å². The predicted octanol–water partition coefficient (Wildman–Crippen LogP) is 4.04. The quantitative estimate of drug-likeness (QED) is 0.529. The van der Waals surface area contributed by atoms with E-state index in [1.807, 2.05) is 52.0 Å². The van der Waals surface area contributed by atoms with Crippen LogP contribution in [0.15, 0.2) is 35.7 Å². The van der Waals surface area contributed by atoms with Gasteiger partial charge in [-0.1, -0.05) is 35.5 Å². The molecule has 8 nitrogen and oxygen atoms in total. The lowest BCUT2D eigenvalue weighted by Crippen LogP contribution is -2.19. The molecule has 2 aromatic heterocycles. The fourth-order valence-corrected chi connectivity index (χ4v) is 3.13. The van der Waals surface area contributed by atoms with Crippen LogP contribution < -0.4 is 10.6 Å². The monoisotopic (exact) mass is 418 g/mol. The highest BCUT2D eigenvalue weighted by molar-refractivity contribution is 7.98. The summed E-state index contributed by atoms with van der Waals surface area (Å²) < 4.78 is 1.56. The second kappa shape index (κ2) is 9.20. The van der Waals surface area contributed by atoms with Gasteiger partial charge in [0.2, 0.25) is 17.1 Å². The maximum atomic E-state index is 5.92. The number of hydrogen-bond donors (Lipinski definition) is 2. The molecule has 0 aliphatic rings. The highest BCUT2D eigenvalue weighted by atomic mass is 35.5. The molecule has 0 fully saturated rings. The fraction of sp³-hybridized carbons (Fsp3) is 0.389. The number of benzene rings is 1. The van der Waals surface area contributed by atoms with Gasteiger partial charge in [0.05, 0.1) is 0 Å². The smallest absolute Gasteiger partial charge is 0.258 e. The second-order valence-corrected chi connectivity index (χ2v) is 8.15. The first-order valence-electron chi connectivity index (χ1n) is 8.97. The molecule has 0 saturated heterocycles. The van der Waals surface area contributed by atoms with Crippen LogP contribution in [0.5, 0.6) is 0 Å². The van der Waals surface area contributed by atoms with Crippen LogP contribution >= 0.6 is 23.4 Å². The number of hydrogen-bond acceptors (Lipinski definition) is 8. The average molecular weight is 419 g/mol. The van der Waals surface area contributed by atoms with Crippen molar-refractivity contribution in [1.82, 2.24) is 29.7 Å². The van der Waals surface area contributed by atoms with Crippen molar-refractivity contribution in [2.24, 2.45) is 0 Å². The predicted molar refractivity (Wildman–Crippen MR) is 113 cm³/mol. The molecule has 148 valence electrons. The van der Waals surface area contributed by atoms with Crippen LogP contribution in [0.3, 0.4) is 0 Å². The molecule has 3 aromatic rings. The summed E-state index contributed by atoms with van der Waals surface area (Å²) in [5.74, 6) is 2.15. The number of nitrogens with one attached hydrogen (secondary N) is 2. The van der Waals surface area contributed by atoms with Gasteiger partial charge in [-0.25, -0.2) is 4.98 Å². The molecule has 3 rings (SSSR count). The van der Waals surface area contributed by atoms with E-state index in [1.54, 1.807) is 11.0 Å². The van der Waals surface area contributed by atoms with Crippen molar-refractivity contribution in [3.05, 3.63) is 41.2 Å². The van der Waals surface area contributed by atoms with Crippen molar-refractivity contribution in [3.8, 4) is 5.95 Å². The standard InChI is InChI=1S/C18H23ClN8S/c1-11(2)21-15-23-16(22-12(3)4)25-17(24-15)27-10-20-18(26-27)28-9-13-5-7-14(19)8-6-13/h5-8,10-12H,9H2,1-4H3,(H2,21,22,23,24,25). The second-order valence-electron chi connectivity index (χ2n) is 6.77. The molecule has 0 saturated carbocycles. The third kappa shape index (κ3) is 5.80. The zero-order valence-electron chi connectivity index (χ0n) is 16.2. The Bertz CT molecular complexity index is 882. The molecule has 1 aromatic carbocycles. The van der Waals surface area contributed by atoms with Crippen LogP contribution in [0.4, 0.5) is 11.9 Å². The Hall–Kier alpha value is -2.39. The van der Waals surface area contributed by atoms with Crippen molar-refractivity contribution < 1.29 is 0 Å². The lowest BCUT2D eigenvalue weighted by atomic mass is 10.2. The van der Waals surface area contributed by atoms with Crippen LogP contribution in [0.1, 0.15) is 33.3 Å². The molecule has 0 bridgehead atoms. The lowest BCUT2D eigenvalue weighted by molar-refractivity contribution is 0.758. The maximum Gasteiger partial charge on any atom is 0.258 e. The van der Waals surface area contributed by atoms with E-state index in [0.717, 1.165) is 16.3 Å². The molecule has 0 aliphatic heterocycles. The summed E-state index contributed by atoms with van der Waals surface area (Å²) in [6.45, 7) is 8.11. The molecule has 0 aliphatic carbocycles. The minimum Gasteiger partial charge on any atom is -0.352 e. The van der Waals surface area contributed by atoms with E-state index < -0.39 is 0 Å². The van der Waals surface area contributed by atoms with Crippen molar-refractivity contribution in [1.29, 1.82) is 0 Å². The number of thioether (sulfide) groups is 1. The lowest BCUT2D eigenvalue weighted by Gasteiger charge is -2.13. The summed E-state index contributed by atoms with van der Waals surface area (Å²) in [6, 6.07) is 8.13. The zero-order valence-corrected chi connectivity index (χ0v) is 17.8. The number of halogens is 1. The third-order valence-electron chi connectivity index (χ3n) is 3.42. The molecule has 0 amide bonds. The highest BCUT2D eigenvalue weighted by Crippen LogP contribution is 2.21. The van der Waals surface area contributed by atoms with E-state index in [9.17, 15) is 0 Å². The molecule has 28 heavy (non-hydrogen) atoms. The van der Waals surface area contributed by atoms with Crippen LogP contribution in [0, 0.1) is 0 Å². The minimum absolute atomic E-state index is 0.198. The molecule has 0 spiro atoms. The van der Waals surface area contributed by atoms with Gasteiger partial charge in [-0.15, -0.1) is 5.10 Å². The summed E-state index contributed by atoms with van der Waals surface area (Å²) in [7, 11) is 0. The molecule has 2 N–H and O–H groups in total. The number of anilines is 2. The minimum atomic E-state index is 0.198. The number of nitrogens with zero attached hydrogens (tertiary/aromatic N) is 6. The summed E-state index contributed by atoms with van der Waals surface area (Å²) in [5, 5.41) is 12.3. The van der Waals surface area contributed by atoms with E-state index in [-0.39, 0.29) is 12.1 Å². The normalized spacial score (nSPS) is 11.2. The molecule has 10 heteroatoms. The van der Waals surface area contributed by atoms with E-state index in [4.69, 9.17) is 11.6 Å². The van der Waals surface area contributed by atoms with E-state index >= 15 is 0 Å². The average Bonchev–Trinajstić information content (AvgIpc) is 3.09. The number of aromatic nitrogens is 6. The van der Waals surface area contributed by atoms with Crippen molar-refractivity contribution in [2.75, 3.05) is 10.6 Å². The first-order valence-corrected chi connectivity index (χ1v) is 10.3. The molecule has 0 atom stereocenters. The van der Waals surface area contributed by atoms with Gasteiger partial charge in [-0.05, 0) is 45.4 Å². The Morgan fingerprint density at radius 2 is 1.57 bits per heavy atom. The SMILES string of the molecule is CC(C)Nc1nc(NC(C)C)nc(-n2cnc(SCc3ccc(Cl)cc3)n2)n1. The highest BCUT2D eigenvalue weighted by Gasteiger charge is 2.12. The largest absolute Gasteiger partial charge is 0.352 e. The Morgan fingerprint density at radius 1 is 0.964 bits per heavy atom. The van der Waals surface area contributed by atoms with Crippen molar-refractivity contribution in [3.63, 3.8) is 0 Å². The molecule has 0 unspecified atom stereocenters. The van der Waals surface area contributed by atoms with Gasteiger partial charge >= 0.3 is 0 Å². The van der Waals surface area contributed by atoms with Gasteiger partial charge < -0.3 is 10.6 Å². The first-order chi connectivity index (χ1) is 13.4. The molecule has 0 radical (unpaired) electrons. The number of rotatable bonds is 8. The Morgan fingerprint density at radius 3 is 2.14 bits per heavy atom. The van der Waals surface area contributed by atoms with Gasteiger partial charge in [0, 0.05) is 22.9 Å².